The van der Waals surface area contributed by atoms with Gasteiger partial charge in [-0.15, -0.1) is 0 Å². The molecule has 0 fully saturated rings. The summed E-state index contributed by atoms with van der Waals surface area (Å²) in [6, 6.07) is 8.64. The number of aromatic nitrogens is 1. The maximum Gasteiger partial charge on any atom is 0.168 e. The molecule has 4 heteroatoms. The number of aliphatic hydroxyl groups is 1. The Hall–Kier alpha value is -1.94. The van der Waals surface area contributed by atoms with E-state index in [2.05, 4.69) is 4.98 Å². The number of halogens is 1. The van der Waals surface area contributed by atoms with E-state index >= 15 is 0 Å². The lowest BCUT2D eigenvalue weighted by Gasteiger charge is -2.12. The minimum Gasteiger partial charge on any atom is -0.494 e. The van der Waals surface area contributed by atoms with E-state index in [0.29, 0.717) is 12.0 Å². The second-order valence-electron chi connectivity index (χ2n) is 4.36. The van der Waals surface area contributed by atoms with Crippen molar-refractivity contribution in [3.05, 3.63) is 59.7 Å². The van der Waals surface area contributed by atoms with Crippen LogP contribution in [0.1, 0.15) is 11.1 Å². The van der Waals surface area contributed by atoms with E-state index in [1.54, 1.807) is 30.6 Å². The maximum absolute atomic E-state index is 13.9. The zero-order chi connectivity index (χ0) is 13.7. The Kier molecular flexibility index (Phi) is 4.47. The first kappa shape index (κ1) is 13.5. The number of hydrogen-bond acceptors (Lipinski definition) is 3. The van der Waals surface area contributed by atoms with E-state index in [-0.39, 0.29) is 12.2 Å². The molecule has 0 spiro atoms. The first-order valence-corrected chi connectivity index (χ1v) is 6.09. The van der Waals surface area contributed by atoms with Gasteiger partial charge in [0.1, 0.15) is 0 Å². The van der Waals surface area contributed by atoms with Crippen LogP contribution in [0, 0.1) is 5.82 Å². The third-order valence-electron chi connectivity index (χ3n) is 2.91. The van der Waals surface area contributed by atoms with Gasteiger partial charge in [-0.05, 0) is 23.3 Å². The lowest BCUT2D eigenvalue weighted by Crippen LogP contribution is -2.15. The molecule has 1 atom stereocenters. The van der Waals surface area contributed by atoms with E-state index in [1.165, 1.54) is 7.11 Å². The summed E-state index contributed by atoms with van der Waals surface area (Å²) in [5.74, 6) is -0.207. The number of pyridine rings is 1. The van der Waals surface area contributed by atoms with Crippen LogP contribution in [0.4, 0.5) is 4.39 Å². The van der Waals surface area contributed by atoms with Crippen LogP contribution in [0.15, 0.2) is 42.7 Å². The van der Waals surface area contributed by atoms with E-state index in [4.69, 9.17) is 4.74 Å². The number of rotatable bonds is 5. The van der Waals surface area contributed by atoms with E-state index in [1.807, 2.05) is 12.1 Å². The van der Waals surface area contributed by atoms with Gasteiger partial charge in [0.25, 0.3) is 0 Å². The van der Waals surface area contributed by atoms with Crippen molar-refractivity contribution in [1.82, 2.24) is 4.98 Å². The molecule has 0 aliphatic rings. The quantitative estimate of drug-likeness (QED) is 0.898. The van der Waals surface area contributed by atoms with Gasteiger partial charge in [-0.25, -0.2) is 4.39 Å². The molecule has 1 heterocycles. The molecular formula is C15H16FNO2. The highest BCUT2D eigenvalue weighted by atomic mass is 19.1. The molecule has 100 valence electrons. The summed E-state index contributed by atoms with van der Waals surface area (Å²) in [7, 11) is 1.42. The molecule has 0 aliphatic heterocycles. The molecule has 19 heavy (non-hydrogen) atoms. The molecule has 0 saturated heterocycles. The summed E-state index contributed by atoms with van der Waals surface area (Å²) in [4.78, 5) is 3.98. The van der Waals surface area contributed by atoms with Crippen LogP contribution < -0.4 is 4.74 Å². The monoisotopic (exact) mass is 261 g/mol. The van der Waals surface area contributed by atoms with Crippen molar-refractivity contribution in [2.24, 2.45) is 0 Å². The summed E-state index contributed by atoms with van der Waals surface area (Å²) in [5, 5.41) is 10.0. The minimum absolute atomic E-state index is 0.200. The van der Waals surface area contributed by atoms with Gasteiger partial charge in [0.05, 0.1) is 13.2 Å². The van der Waals surface area contributed by atoms with Crippen LogP contribution in [-0.4, -0.2) is 23.3 Å². The summed E-state index contributed by atoms with van der Waals surface area (Å²) in [6.45, 7) is 0. The second-order valence-corrected chi connectivity index (χ2v) is 4.36. The molecule has 1 aromatic carbocycles. The molecule has 0 aliphatic carbocycles. The van der Waals surface area contributed by atoms with Crippen molar-refractivity contribution in [1.29, 1.82) is 0 Å². The summed E-state index contributed by atoms with van der Waals surface area (Å²) >= 11 is 0. The zero-order valence-electron chi connectivity index (χ0n) is 10.7. The largest absolute Gasteiger partial charge is 0.494 e. The Balaban J connectivity index is 2.05. The number of aliphatic hydroxyl groups excluding tert-OH is 1. The normalized spacial score (nSPS) is 12.2. The fourth-order valence-electron chi connectivity index (χ4n) is 1.99. The second kappa shape index (κ2) is 6.29. The highest BCUT2D eigenvalue weighted by molar-refractivity contribution is 5.31. The molecule has 0 saturated carbocycles. The standard InChI is InChI=1S/C15H16FNO2/c1-19-14-6-2-5-12(15(14)16)9-13(18)8-11-4-3-7-17-10-11/h2-7,10,13,18H,8-9H2,1H3. The first-order chi connectivity index (χ1) is 9.20. The van der Waals surface area contributed by atoms with Crippen molar-refractivity contribution in [3.63, 3.8) is 0 Å². The Morgan fingerprint density at radius 2 is 2.11 bits per heavy atom. The lowest BCUT2D eigenvalue weighted by atomic mass is 10.0. The summed E-state index contributed by atoms with van der Waals surface area (Å²) in [5.41, 5.74) is 1.38. The predicted octanol–water partition coefficient (Wildman–Crippen LogP) is 2.38. The van der Waals surface area contributed by atoms with Gasteiger partial charge in [0, 0.05) is 25.2 Å². The van der Waals surface area contributed by atoms with Crippen LogP contribution >= 0.6 is 0 Å². The Morgan fingerprint density at radius 3 is 2.79 bits per heavy atom. The van der Waals surface area contributed by atoms with Gasteiger partial charge in [-0.3, -0.25) is 4.98 Å². The summed E-state index contributed by atoms with van der Waals surface area (Å²) < 4.78 is 18.8. The van der Waals surface area contributed by atoms with Crippen molar-refractivity contribution < 1.29 is 14.2 Å². The third kappa shape index (κ3) is 3.51. The van der Waals surface area contributed by atoms with Crippen molar-refractivity contribution in [2.45, 2.75) is 18.9 Å². The molecule has 0 amide bonds. The molecule has 1 unspecified atom stereocenters. The number of nitrogens with zero attached hydrogens (tertiary/aromatic N) is 1. The Bertz CT molecular complexity index is 531. The molecule has 0 bridgehead atoms. The first-order valence-electron chi connectivity index (χ1n) is 6.09. The van der Waals surface area contributed by atoms with Crippen LogP contribution in [0.3, 0.4) is 0 Å². The van der Waals surface area contributed by atoms with Gasteiger partial charge in [-0.1, -0.05) is 18.2 Å². The van der Waals surface area contributed by atoms with Crippen LogP contribution in [0.25, 0.3) is 0 Å². The molecular weight excluding hydrogens is 245 g/mol. The van der Waals surface area contributed by atoms with Crippen LogP contribution in [-0.2, 0) is 12.8 Å². The smallest absolute Gasteiger partial charge is 0.168 e. The van der Waals surface area contributed by atoms with Crippen molar-refractivity contribution in [3.8, 4) is 5.75 Å². The SMILES string of the molecule is COc1cccc(CC(O)Cc2cccnc2)c1F. The maximum atomic E-state index is 13.9. The van der Waals surface area contributed by atoms with Crippen LogP contribution in [0.2, 0.25) is 0 Å². The van der Waals surface area contributed by atoms with Crippen molar-refractivity contribution >= 4 is 0 Å². The lowest BCUT2D eigenvalue weighted by molar-refractivity contribution is 0.173. The van der Waals surface area contributed by atoms with Gasteiger partial charge in [0.15, 0.2) is 11.6 Å². The third-order valence-corrected chi connectivity index (χ3v) is 2.91. The molecule has 1 aromatic heterocycles. The predicted molar refractivity (Wildman–Crippen MR) is 70.6 cm³/mol. The molecule has 1 N–H and O–H groups in total. The number of hydrogen-bond donors (Lipinski definition) is 1. The fraction of sp³-hybridized carbons (Fsp3) is 0.267. The molecule has 2 rings (SSSR count). The molecule has 2 aromatic rings. The van der Waals surface area contributed by atoms with Gasteiger partial charge >= 0.3 is 0 Å². The van der Waals surface area contributed by atoms with Gasteiger partial charge in [0.2, 0.25) is 0 Å². The Labute approximate surface area is 111 Å². The average molecular weight is 261 g/mol. The molecule has 0 radical (unpaired) electrons. The van der Waals surface area contributed by atoms with E-state index < -0.39 is 11.9 Å². The van der Waals surface area contributed by atoms with Gasteiger partial charge in [-0.2, -0.15) is 0 Å². The van der Waals surface area contributed by atoms with Crippen molar-refractivity contribution in [2.75, 3.05) is 7.11 Å². The average Bonchev–Trinajstić information content (AvgIpc) is 2.42. The van der Waals surface area contributed by atoms with E-state index in [9.17, 15) is 9.50 Å². The van der Waals surface area contributed by atoms with E-state index in [0.717, 1.165) is 5.56 Å². The summed E-state index contributed by atoms with van der Waals surface area (Å²) in [6.07, 6.45) is 3.43. The highest BCUT2D eigenvalue weighted by Gasteiger charge is 2.13. The van der Waals surface area contributed by atoms with Gasteiger partial charge < -0.3 is 9.84 Å². The number of benzene rings is 1. The zero-order valence-corrected chi connectivity index (χ0v) is 10.7. The number of methoxy groups -OCH3 is 1. The Morgan fingerprint density at radius 1 is 1.26 bits per heavy atom. The fourth-order valence-corrected chi connectivity index (χ4v) is 1.99. The highest BCUT2D eigenvalue weighted by Crippen LogP contribution is 2.21. The molecule has 3 nitrogen and oxygen atoms in total. The minimum atomic E-state index is -0.647. The topological polar surface area (TPSA) is 42.4 Å². The number of ether oxygens (including phenoxy) is 1. The van der Waals surface area contributed by atoms with Crippen LogP contribution in [0.5, 0.6) is 5.75 Å².